The summed E-state index contributed by atoms with van der Waals surface area (Å²) in [7, 11) is 0. The van der Waals surface area contributed by atoms with Crippen LogP contribution in [0.3, 0.4) is 0 Å². The second-order valence-electron chi connectivity index (χ2n) is 5.75. The van der Waals surface area contributed by atoms with Gasteiger partial charge in [-0.25, -0.2) is 0 Å². The maximum atomic E-state index is 12.2. The summed E-state index contributed by atoms with van der Waals surface area (Å²) in [5.41, 5.74) is 4.85. The number of carbonyl (C=O) groups is 1. The molecule has 0 saturated heterocycles. The van der Waals surface area contributed by atoms with Crippen molar-refractivity contribution < 1.29 is 9.32 Å². The molecule has 24 heavy (non-hydrogen) atoms. The minimum Gasteiger partial charge on any atom is -0.361 e. The van der Waals surface area contributed by atoms with Crippen LogP contribution in [0.4, 0.5) is 0 Å². The molecule has 3 rings (SSSR count). The van der Waals surface area contributed by atoms with Crippen LogP contribution >= 0.6 is 0 Å². The number of hydrogen-bond donors (Lipinski definition) is 1. The molecular weight excluding hydrogens is 300 g/mol. The molecule has 0 atom stereocenters. The van der Waals surface area contributed by atoms with Gasteiger partial charge in [0, 0.05) is 17.7 Å². The van der Waals surface area contributed by atoms with E-state index >= 15 is 0 Å². The zero-order valence-electron chi connectivity index (χ0n) is 13.9. The molecule has 0 aliphatic carbocycles. The number of nitrogens with zero attached hydrogens (tertiary/aromatic N) is 1. The lowest BCUT2D eigenvalue weighted by molar-refractivity contribution is 0.0954. The van der Waals surface area contributed by atoms with Gasteiger partial charge in [0.15, 0.2) is 0 Å². The number of benzene rings is 2. The third-order valence-electron chi connectivity index (χ3n) is 4.10. The minimum absolute atomic E-state index is 0.0682. The van der Waals surface area contributed by atoms with Crippen LogP contribution in [-0.2, 0) is 6.42 Å². The van der Waals surface area contributed by atoms with Crippen LogP contribution in [-0.4, -0.2) is 17.6 Å². The Balaban J connectivity index is 1.59. The number of hydrogen-bond acceptors (Lipinski definition) is 3. The van der Waals surface area contributed by atoms with Gasteiger partial charge in [0.2, 0.25) is 0 Å². The van der Waals surface area contributed by atoms with Gasteiger partial charge in [0.1, 0.15) is 5.76 Å². The Bertz CT molecular complexity index is 801. The van der Waals surface area contributed by atoms with E-state index in [1.54, 1.807) is 0 Å². The fraction of sp³-hybridized carbons (Fsp3) is 0.200. The lowest BCUT2D eigenvalue weighted by Crippen LogP contribution is -2.25. The van der Waals surface area contributed by atoms with Crippen molar-refractivity contribution in [2.75, 3.05) is 6.54 Å². The second kappa shape index (κ2) is 7.13. The van der Waals surface area contributed by atoms with Crippen LogP contribution in [0.25, 0.3) is 11.1 Å². The molecule has 0 saturated carbocycles. The van der Waals surface area contributed by atoms with Crippen molar-refractivity contribution in [2.45, 2.75) is 20.3 Å². The van der Waals surface area contributed by atoms with Crippen molar-refractivity contribution in [3.05, 3.63) is 77.2 Å². The standard InChI is InChI=1S/C20H20N2O2/c1-14-19(15(2)24-22-14)12-13-21-20(23)18-10-8-17(9-11-18)16-6-4-3-5-7-16/h3-11H,12-13H2,1-2H3,(H,21,23). The molecule has 0 bridgehead atoms. The van der Waals surface area contributed by atoms with E-state index in [1.165, 1.54) is 0 Å². The van der Waals surface area contributed by atoms with E-state index in [2.05, 4.69) is 22.6 Å². The predicted molar refractivity (Wildman–Crippen MR) is 93.9 cm³/mol. The lowest BCUT2D eigenvalue weighted by Gasteiger charge is -2.06. The number of rotatable bonds is 5. The van der Waals surface area contributed by atoms with E-state index in [1.807, 2.05) is 56.3 Å². The largest absolute Gasteiger partial charge is 0.361 e. The van der Waals surface area contributed by atoms with Crippen molar-refractivity contribution in [3.8, 4) is 11.1 Å². The Hall–Kier alpha value is -2.88. The van der Waals surface area contributed by atoms with E-state index in [4.69, 9.17) is 4.52 Å². The fourth-order valence-corrected chi connectivity index (χ4v) is 2.71. The highest BCUT2D eigenvalue weighted by atomic mass is 16.5. The SMILES string of the molecule is Cc1noc(C)c1CCNC(=O)c1ccc(-c2ccccc2)cc1. The fourth-order valence-electron chi connectivity index (χ4n) is 2.71. The van der Waals surface area contributed by atoms with Crippen molar-refractivity contribution in [3.63, 3.8) is 0 Å². The average molecular weight is 320 g/mol. The molecule has 0 unspecified atom stereocenters. The highest BCUT2D eigenvalue weighted by molar-refractivity contribution is 5.94. The molecule has 4 heteroatoms. The van der Waals surface area contributed by atoms with Gasteiger partial charge in [-0.15, -0.1) is 0 Å². The van der Waals surface area contributed by atoms with Gasteiger partial charge in [-0.1, -0.05) is 47.6 Å². The first-order chi connectivity index (χ1) is 11.6. The molecule has 122 valence electrons. The van der Waals surface area contributed by atoms with Crippen LogP contribution in [0.5, 0.6) is 0 Å². The summed E-state index contributed by atoms with van der Waals surface area (Å²) in [6, 6.07) is 17.8. The highest BCUT2D eigenvalue weighted by Crippen LogP contribution is 2.19. The molecule has 0 aliphatic heterocycles. The number of amides is 1. The topological polar surface area (TPSA) is 55.1 Å². The normalized spacial score (nSPS) is 10.6. The molecule has 2 aromatic carbocycles. The van der Waals surface area contributed by atoms with E-state index < -0.39 is 0 Å². The molecular formula is C20H20N2O2. The number of carbonyl (C=O) groups excluding carboxylic acids is 1. The molecule has 3 aromatic rings. The van der Waals surface area contributed by atoms with E-state index in [9.17, 15) is 4.79 Å². The first-order valence-electron chi connectivity index (χ1n) is 8.00. The zero-order valence-corrected chi connectivity index (χ0v) is 13.9. The minimum atomic E-state index is -0.0682. The van der Waals surface area contributed by atoms with Crippen molar-refractivity contribution in [2.24, 2.45) is 0 Å². The Morgan fingerprint density at radius 2 is 1.67 bits per heavy atom. The maximum absolute atomic E-state index is 12.2. The smallest absolute Gasteiger partial charge is 0.251 e. The number of aryl methyl sites for hydroxylation is 2. The molecule has 1 heterocycles. The Labute approximate surface area is 141 Å². The summed E-state index contributed by atoms with van der Waals surface area (Å²) < 4.78 is 5.13. The predicted octanol–water partition coefficient (Wildman–Crippen LogP) is 3.93. The first-order valence-corrected chi connectivity index (χ1v) is 8.00. The second-order valence-corrected chi connectivity index (χ2v) is 5.75. The molecule has 4 nitrogen and oxygen atoms in total. The van der Waals surface area contributed by atoms with Gasteiger partial charge in [-0.3, -0.25) is 4.79 Å². The Kier molecular flexibility index (Phi) is 4.75. The Morgan fingerprint density at radius 3 is 2.29 bits per heavy atom. The monoisotopic (exact) mass is 320 g/mol. The van der Waals surface area contributed by atoms with Crippen LogP contribution in [0.15, 0.2) is 59.1 Å². The van der Waals surface area contributed by atoms with E-state index in [0.29, 0.717) is 12.1 Å². The van der Waals surface area contributed by atoms with Crippen LogP contribution < -0.4 is 5.32 Å². The summed E-state index contributed by atoms with van der Waals surface area (Å²) in [5, 5.41) is 6.87. The molecule has 0 spiro atoms. The first kappa shape index (κ1) is 16.0. The van der Waals surface area contributed by atoms with Gasteiger partial charge in [-0.05, 0) is 43.5 Å². The van der Waals surface area contributed by atoms with Crippen LogP contribution in [0.1, 0.15) is 27.4 Å². The number of aromatic nitrogens is 1. The number of nitrogens with one attached hydrogen (secondary N) is 1. The highest BCUT2D eigenvalue weighted by Gasteiger charge is 2.10. The Morgan fingerprint density at radius 1 is 1.00 bits per heavy atom. The van der Waals surface area contributed by atoms with Gasteiger partial charge >= 0.3 is 0 Å². The third kappa shape index (κ3) is 3.54. The summed E-state index contributed by atoms with van der Waals surface area (Å²) in [6.07, 6.45) is 0.717. The summed E-state index contributed by atoms with van der Waals surface area (Å²) in [4.78, 5) is 12.2. The maximum Gasteiger partial charge on any atom is 0.251 e. The van der Waals surface area contributed by atoms with Gasteiger partial charge in [0.25, 0.3) is 5.91 Å². The summed E-state index contributed by atoms with van der Waals surface area (Å²) >= 11 is 0. The summed E-state index contributed by atoms with van der Waals surface area (Å²) in [5.74, 6) is 0.746. The average Bonchev–Trinajstić information content (AvgIpc) is 2.94. The molecule has 1 aromatic heterocycles. The van der Waals surface area contributed by atoms with Crippen molar-refractivity contribution >= 4 is 5.91 Å². The van der Waals surface area contributed by atoms with Crippen molar-refractivity contribution in [1.29, 1.82) is 0 Å². The van der Waals surface area contributed by atoms with Crippen LogP contribution in [0, 0.1) is 13.8 Å². The quantitative estimate of drug-likeness (QED) is 0.775. The van der Waals surface area contributed by atoms with Gasteiger partial charge in [0.05, 0.1) is 5.69 Å². The van der Waals surface area contributed by atoms with E-state index in [0.717, 1.165) is 34.6 Å². The summed E-state index contributed by atoms with van der Waals surface area (Å²) in [6.45, 7) is 4.36. The van der Waals surface area contributed by atoms with Gasteiger partial charge in [-0.2, -0.15) is 0 Å². The zero-order chi connectivity index (χ0) is 16.9. The molecule has 0 fully saturated rings. The molecule has 1 amide bonds. The molecule has 1 N–H and O–H groups in total. The van der Waals surface area contributed by atoms with Crippen LogP contribution in [0.2, 0.25) is 0 Å². The third-order valence-corrected chi connectivity index (χ3v) is 4.10. The lowest BCUT2D eigenvalue weighted by atomic mass is 10.0. The molecule has 0 aliphatic rings. The van der Waals surface area contributed by atoms with Gasteiger partial charge < -0.3 is 9.84 Å². The van der Waals surface area contributed by atoms with E-state index in [-0.39, 0.29) is 5.91 Å². The molecule has 0 radical (unpaired) electrons. The van der Waals surface area contributed by atoms with Crippen molar-refractivity contribution in [1.82, 2.24) is 10.5 Å².